The molecule has 3 N–H and O–H groups in total. The van der Waals surface area contributed by atoms with E-state index in [1.54, 1.807) is 6.07 Å². The van der Waals surface area contributed by atoms with Crippen LogP contribution in [-0.4, -0.2) is 19.5 Å². The van der Waals surface area contributed by atoms with Gasteiger partial charge in [-0.05, 0) is 35.0 Å². The van der Waals surface area contributed by atoms with Crippen LogP contribution in [0.4, 0.5) is 11.6 Å². The highest BCUT2D eigenvalue weighted by Gasteiger charge is 2.16. The van der Waals surface area contributed by atoms with Crippen LogP contribution in [-0.2, 0) is 7.05 Å². The number of nitrogens with zero attached hydrogens (tertiary/aromatic N) is 4. The molecule has 3 aromatic rings. The molecule has 0 amide bonds. The Morgan fingerprint density at radius 3 is 2.86 bits per heavy atom. The van der Waals surface area contributed by atoms with E-state index in [9.17, 15) is 0 Å². The molecule has 6 nitrogen and oxygen atoms in total. The molecule has 1 atom stereocenters. The molecule has 2 heterocycles. The molecule has 0 saturated carbocycles. The van der Waals surface area contributed by atoms with E-state index in [0.717, 1.165) is 21.3 Å². The number of benzene rings is 1. The number of rotatable bonds is 3. The number of anilines is 2. The molecule has 21 heavy (non-hydrogen) atoms. The average molecular weight is 347 g/mol. The maximum Gasteiger partial charge on any atom is 0.132 e. The number of imidazole rings is 1. The Morgan fingerprint density at radius 1 is 1.33 bits per heavy atom. The Labute approximate surface area is 130 Å². The first-order valence-corrected chi connectivity index (χ1v) is 7.30. The first-order valence-electron chi connectivity index (χ1n) is 6.51. The standard InChI is InChI=1S/C14H15BrN6/c1-8(19-12-6-11(16)17-7-18-12)14-20-10-5-3-4-9(15)13(10)21(14)2/h3-8H,1-2H3,(H3,16,17,18,19)/t8-/m0/s1. The van der Waals surface area contributed by atoms with Crippen molar-refractivity contribution in [1.82, 2.24) is 19.5 Å². The number of hydrogen-bond acceptors (Lipinski definition) is 5. The molecule has 108 valence electrons. The van der Waals surface area contributed by atoms with Crippen molar-refractivity contribution in [2.75, 3.05) is 11.1 Å². The fourth-order valence-electron chi connectivity index (χ4n) is 2.36. The lowest BCUT2D eigenvalue weighted by molar-refractivity contribution is 0.729. The summed E-state index contributed by atoms with van der Waals surface area (Å²) in [5.74, 6) is 2.04. The first kappa shape index (κ1) is 13.8. The van der Waals surface area contributed by atoms with Gasteiger partial charge in [-0.2, -0.15) is 0 Å². The number of halogens is 1. The molecule has 0 unspecified atom stereocenters. The van der Waals surface area contributed by atoms with Crippen molar-refractivity contribution in [2.24, 2.45) is 7.05 Å². The summed E-state index contributed by atoms with van der Waals surface area (Å²) in [5, 5.41) is 3.29. The SMILES string of the molecule is C[C@H](Nc1cc(N)ncn1)c1nc2cccc(Br)c2n1C. The van der Waals surface area contributed by atoms with E-state index in [2.05, 4.69) is 40.8 Å². The fourth-order valence-corrected chi connectivity index (χ4v) is 2.99. The Kier molecular flexibility index (Phi) is 3.50. The van der Waals surface area contributed by atoms with E-state index < -0.39 is 0 Å². The lowest BCUT2D eigenvalue weighted by Crippen LogP contribution is -2.13. The summed E-state index contributed by atoms with van der Waals surface area (Å²) in [4.78, 5) is 12.7. The molecular weight excluding hydrogens is 332 g/mol. The van der Waals surface area contributed by atoms with E-state index in [0.29, 0.717) is 11.6 Å². The molecule has 2 aromatic heterocycles. The number of nitrogens with one attached hydrogen (secondary N) is 1. The Bertz CT molecular complexity index is 797. The second-order valence-corrected chi connectivity index (χ2v) is 5.69. The predicted molar refractivity (Wildman–Crippen MR) is 86.9 cm³/mol. The normalized spacial score (nSPS) is 12.5. The summed E-state index contributed by atoms with van der Waals surface area (Å²) in [6.45, 7) is 2.04. The lowest BCUT2D eigenvalue weighted by Gasteiger charge is -2.14. The highest BCUT2D eigenvalue weighted by molar-refractivity contribution is 9.10. The summed E-state index contributed by atoms with van der Waals surface area (Å²) < 4.78 is 3.10. The van der Waals surface area contributed by atoms with Crippen molar-refractivity contribution in [2.45, 2.75) is 13.0 Å². The van der Waals surface area contributed by atoms with Crippen molar-refractivity contribution in [1.29, 1.82) is 0 Å². The van der Waals surface area contributed by atoms with E-state index in [4.69, 9.17) is 5.73 Å². The molecular formula is C14H15BrN6. The van der Waals surface area contributed by atoms with Gasteiger partial charge in [0.15, 0.2) is 0 Å². The number of aromatic nitrogens is 4. The summed E-state index contributed by atoms with van der Waals surface area (Å²) in [6.07, 6.45) is 1.44. The highest BCUT2D eigenvalue weighted by Crippen LogP contribution is 2.27. The second kappa shape index (κ2) is 5.33. The lowest BCUT2D eigenvalue weighted by atomic mass is 10.3. The van der Waals surface area contributed by atoms with E-state index in [-0.39, 0.29) is 6.04 Å². The number of fused-ring (bicyclic) bond motifs is 1. The van der Waals surface area contributed by atoms with Crippen molar-refractivity contribution in [3.8, 4) is 0 Å². The van der Waals surface area contributed by atoms with E-state index in [1.165, 1.54) is 6.33 Å². The highest BCUT2D eigenvalue weighted by atomic mass is 79.9. The third kappa shape index (κ3) is 2.56. The van der Waals surface area contributed by atoms with Gasteiger partial charge in [0.1, 0.15) is 23.8 Å². The molecule has 0 radical (unpaired) electrons. The molecule has 0 aliphatic heterocycles. The van der Waals surface area contributed by atoms with Gasteiger partial charge in [0.2, 0.25) is 0 Å². The van der Waals surface area contributed by atoms with Gasteiger partial charge in [-0.15, -0.1) is 0 Å². The van der Waals surface area contributed by atoms with Crippen LogP contribution in [0.5, 0.6) is 0 Å². The zero-order valence-electron chi connectivity index (χ0n) is 11.7. The summed E-state index contributed by atoms with van der Waals surface area (Å²) in [5.41, 5.74) is 7.69. The number of hydrogen-bond donors (Lipinski definition) is 2. The van der Waals surface area contributed by atoms with E-state index in [1.807, 2.05) is 32.2 Å². The molecule has 0 fully saturated rings. The van der Waals surface area contributed by atoms with Gasteiger partial charge in [0.05, 0.1) is 17.1 Å². The quantitative estimate of drug-likeness (QED) is 0.761. The smallest absolute Gasteiger partial charge is 0.132 e. The summed E-state index contributed by atoms with van der Waals surface area (Å²) >= 11 is 3.57. The second-order valence-electron chi connectivity index (χ2n) is 4.83. The number of aryl methyl sites for hydroxylation is 1. The maximum absolute atomic E-state index is 5.67. The molecule has 0 bridgehead atoms. The molecule has 1 aromatic carbocycles. The zero-order chi connectivity index (χ0) is 15.0. The van der Waals surface area contributed by atoms with Gasteiger partial charge in [-0.1, -0.05) is 6.07 Å². The topological polar surface area (TPSA) is 81.7 Å². The van der Waals surface area contributed by atoms with Crippen LogP contribution in [0, 0.1) is 0 Å². The van der Waals surface area contributed by atoms with Crippen LogP contribution in [0.1, 0.15) is 18.8 Å². The van der Waals surface area contributed by atoms with Gasteiger partial charge < -0.3 is 15.6 Å². The molecule has 7 heteroatoms. The minimum absolute atomic E-state index is 0.0106. The third-order valence-corrected chi connectivity index (χ3v) is 3.96. The average Bonchev–Trinajstić information content (AvgIpc) is 2.77. The third-order valence-electron chi connectivity index (χ3n) is 3.32. The van der Waals surface area contributed by atoms with Crippen molar-refractivity contribution in [3.63, 3.8) is 0 Å². The molecule has 0 spiro atoms. The molecule has 0 aliphatic carbocycles. The van der Waals surface area contributed by atoms with Gasteiger partial charge in [0.25, 0.3) is 0 Å². The molecule has 0 saturated heterocycles. The van der Waals surface area contributed by atoms with Crippen molar-refractivity contribution in [3.05, 3.63) is 40.9 Å². The first-order chi connectivity index (χ1) is 10.1. The number of nitrogen functional groups attached to an aromatic ring is 1. The summed E-state index contributed by atoms with van der Waals surface area (Å²) in [7, 11) is 2.00. The van der Waals surface area contributed by atoms with Crippen molar-refractivity contribution >= 4 is 38.6 Å². The van der Waals surface area contributed by atoms with Crippen LogP contribution in [0.2, 0.25) is 0 Å². The van der Waals surface area contributed by atoms with E-state index >= 15 is 0 Å². The maximum atomic E-state index is 5.67. The minimum atomic E-state index is -0.0106. The van der Waals surface area contributed by atoms with Crippen LogP contribution in [0.25, 0.3) is 11.0 Å². The zero-order valence-corrected chi connectivity index (χ0v) is 13.3. The van der Waals surface area contributed by atoms with Gasteiger partial charge in [-0.3, -0.25) is 0 Å². The molecule has 0 aliphatic rings. The number of nitrogens with two attached hydrogens (primary N) is 1. The number of para-hydroxylation sites is 1. The monoisotopic (exact) mass is 346 g/mol. The Balaban J connectivity index is 1.96. The Hall–Kier alpha value is -2.15. The largest absolute Gasteiger partial charge is 0.384 e. The summed E-state index contributed by atoms with van der Waals surface area (Å²) in [6, 6.07) is 7.68. The van der Waals surface area contributed by atoms with Gasteiger partial charge in [-0.25, -0.2) is 15.0 Å². The minimum Gasteiger partial charge on any atom is -0.384 e. The predicted octanol–water partition coefficient (Wildman–Crippen LogP) is 2.88. The fraction of sp³-hybridized carbons (Fsp3) is 0.214. The Morgan fingerprint density at radius 2 is 2.14 bits per heavy atom. The van der Waals surface area contributed by atoms with Crippen molar-refractivity contribution < 1.29 is 0 Å². The van der Waals surface area contributed by atoms with Crippen LogP contribution in [0.15, 0.2) is 35.1 Å². The van der Waals surface area contributed by atoms with Crippen LogP contribution >= 0.6 is 15.9 Å². The van der Waals surface area contributed by atoms with Gasteiger partial charge >= 0.3 is 0 Å². The van der Waals surface area contributed by atoms with Crippen LogP contribution < -0.4 is 11.1 Å². The van der Waals surface area contributed by atoms with Crippen LogP contribution in [0.3, 0.4) is 0 Å². The van der Waals surface area contributed by atoms with Gasteiger partial charge in [0, 0.05) is 17.6 Å². The molecule has 3 rings (SSSR count).